The van der Waals surface area contributed by atoms with Crippen molar-refractivity contribution in [1.82, 2.24) is 5.32 Å². The van der Waals surface area contributed by atoms with Gasteiger partial charge in [-0.3, -0.25) is 0 Å². The van der Waals surface area contributed by atoms with Gasteiger partial charge in [0.1, 0.15) is 5.82 Å². The Bertz CT molecular complexity index is 302. The average molecular weight is 280 g/mol. The number of thioether (sulfide) groups is 1. The predicted octanol–water partition coefficient (Wildman–Crippen LogP) is 2.45. The van der Waals surface area contributed by atoms with Crippen LogP contribution in [-0.4, -0.2) is 29.8 Å². The maximum Gasteiger partial charge on any atom is 0.127 e. The van der Waals surface area contributed by atoms with Crippen molar-refractivity contribution in [1.29, 1.82) is 0 Å². The Kier molecular flexibility index (Phi) is 10.7. The second-order valence-electron chi connectivity index (χ2n) is 3.46. The van der Waals surface area contributed by atoms with Gasteiger partial charge in [0.25, 0.3) is 0 Å². The van der Waals surface area contributed by atoms with Crippen LogP contribution < -0.4 is 5.32 Å². The number of aliphatic hydroxyl groups excluding tert-OH is 1. The van der Waals surface area contributed by atoms with Crippen molar-refractivity contribution in [3.63, 3.8) is 0 Å². The third-order valence-electron chi connectivity index (χ3n) is 2.14. The molecule has 0 saturated carbocycles. The summed E-state index contributed by atoms with van der Waals surface area (Å²) >= 11 is 1.80. The normalized spacial score (nSPS) is 10.0. The first kappa shape index (κ1) is 16.7. The quantitative estimate of drug-likeness (QED) is 0.717. The minimum atomic E-state index is -0.150. The van der Waals surface area contributed by atoms with Gasteiger partial charge >= 0.3 is 0 Å². The van der Waals surface area contributed by atoms with Gasteiger partial charge in [-0.2, -0.15) is 11.8 Å². The molecule has 0 aliphatic carbocycles. The second-order valence-corrected chi connectivity index (χ2v) is 4.68. The van der Waals surface area contributed by atoms with Crippen LogP contribution in [0.2, 0.25) is 0 Å². The van der Waals surface area contributed by atoms with Crippen LogP contribution in [0, 0.1) is 5.82 Å². The summed E-state index contributed by atoms with van der Waals surface area (Å²) in [5.74, 6) is 1.83. The third-order valence-corrected chi connectivity index (χ3v) is 3.21. The summed E-state index contributed by atoms with van der Waals surface area (Å²) < 4.78 is 13.2. The smallest absolute Gasteiger partial charge is 0.127 e. The molecule has 1 aromatic carbocycles. The number of hydrogen-bond donors (Lipinski definition) is 2. The first-order valence-electron chi connectivity index (χ1n) is 5.47. The van der Waals surface area contributed by atoms with Crippen LogP contribution in [0.5, 0.6) is 0 Å². The van der Waals surface area contributed by atoms with E-state index in [9.17, 15) is 4.39 Å². The maximum atomic E-state index is 13.2. The van der Waals surface area contributed by atoms with E-state index in [1.54, 1.807) is 23.9 Å². The first-order valence-corrected chi connectivity index (χ1v) is 6.63. The Labute approximate surface area is 112 Å². The van der Waals surface area contributed by atoms with Gasteiger partial charge in [0.05, 0.1) is 0 Å². The summed E-state index contributed by atoms with van der Waals surface area (Å²) in [6.45, 7) is 1.70. The van der Waals surface area contributed by atoms with Crippen molar-refractivity contribution in [2.24, 2.45) is 0 Å². The molecule has 0 spiro atoms. The molecule has 0 aliphatic rings. The van der Waals surface area contributed by atoms with E-state index in [-0.39, 0.29) is 24.8 Å². The molecule has 0 unspecified atom stereocenters. The Morgan fingerprint density at radius 1 is 1.24 bits per heavy atom. The van der Waals surface area contributed by atoms with E-state index in [1.807, 2.05) is 6.07 Å². The van der Waals surface area contributed by atoms with E-state index in [1.165, 1.54) is 6.07 Å². The molecule has 0 fully saturated rings. The zero-order chi connectivity index (χ0) is 11.6. The third kappa shape index (κ3) is 7.60. The Morgan fingerprint density at radius 3 is 2.71 bits per heavy atom. The van der Waals surface area contributed by atoms with E-state index in [0.717, 1.165) is 24.5 Å². The maximum absolute atomic E-state index is 13.2. The summed E-state index contributed by atoms with van der Waals surface area (Å²) in [5, 5.41) is 11.8. The van der Waals surface area contributed by atoms with E-state index < -0.39 is 0 Å². The van der Waals surface area contributed by atoms with Gasteiger partial charge < -0.3 is 10.4 Å². The molecule has 0 radical (unpaired) electrons. The molecular weight excluding hydrogens is 261 g/mol. The van der Waals surface area contributed by atoms with Crippen molar-refractivity contribution in [2.45, 2.75) is 13.0 Å². The molecule has 2 nitrogen and oxygen atoms in total. The van der Waals surface area contributed by atoms with Crippen LogP contribution in [0.25, 0.3) is 0 Å². The van der Waals surface area contributed by atoms with E-state index in [4.69, 9.17) is 5.11 Å². The van der Waals surface area contributed by atoms with Gasteiger partial charge in [-0.1, -0.05) is 18.2 Å². The van der Waals surface area contributed by atoms with Gasteiger partial charge in [-0.15, -0.1) is 12.4 Å². The molecule has 0 amide bonds. The van der Waals surface area contributed by atoms with Crippen molar-refractivity contribution in [3.8, 4) is 0 Å². The first-order chi connectivity index (χ1) is 7.84. The number of halogens is 2. The molecular formula is C12H19ClFNOS. The summed E-state index contributed by atoms with van der Waals surface area (Å²) in [6, 6.07) is 6.81. The van der Waals surface area contributed by atoms with Gasteiger partial charge in [-0.05, 0) is 18.2 Å². The molecule has 5 heteroatoms. The largest absolute Gasteiger partial charge is 0.396 e. The minimum absolute atomic E-state index is 0. The molecule has 2 N–H and O–H groups in total. The monoisotopic (exact) mass is 279 g/mol. The zero-order valence-corrected chi connectivity index (χ0v) is 11.3. The molecule has 0 atom stereocenters. The van der Waals surface area contributed by atoms with Gasteiger partial charge in [0.2, 0.25) is 0 Å². The lowest BCUT2D eigenvalue weighted by Crippen LogP contribution is -2.17. The molecule has 0 bridgehead atoms. The van der Waals surface area contributed by atoms with E-state index in [2.05, 4.69) is 5.32 Å². The summed E-state index contributed by atoms with van der Waals surface area (Å²) in [4.78, 5) is 0. The number of aliphatic hydroxyl groups is 1. The Morgan fingerprint density at radius 2 is 2.00 bits per heavy atom. The van der Waals surface area contributed by atoms with Gasteiger partial charge in [0, 0.05) is 31.0 Å². The van der Waals surface area contributed by atoms with Crippen LogP contribution in [-0.2, 0) is 6.54 Å². The van der Waals surface area contributed by atoms with Gasteiger partial charge in [0.15, 0.2) is 0 Å². The van der Waals surface area contributed by atoms with E-state index >= 15 is 0 Å². The standard InChI is InChI=1S/C12H18FNOS.ClH/c13-12-5-2-1-4-11(12)10-14-6-9-16-8-3-7-15;/h1-2,4-5,14-15H,3,6-10H2;1H. The zero-order valence-electron chi connectivity index (χ0n) is 9.69. The molecule has 98 valence electrons. The van der Waals surface area contributed by atoms with Crippen LogP contribution >= 0.6 is 24.2 Å². The average Bonchev–Trinajstić information content (AvgIpc) is 2.30. The SMILES string of the molecule is Cl.OCCCSCCNCc1ccccc1F. The number of benzene rings is 1. The van der Waals surface area contributed by atoms with Crippen LogP contribution in [0.1, 0.15) is 12.0 Å². The number of nitrogens with one attached hydrogen (secondary N) is 1. The molecule has 1 rings (SSSR count). The van der Waals surface area contributed by atoms with E-state index in [0.29, 0.717) is 12.1 Å². The fourth-order valence-corrected chi connectivity index (χ4v) is 2.10. The highest BCUT2D eigenvalue weighted by Crippen LogP contribution is 2.05. The predicted molar refractivity (Wildman–Crippen MR) is 74.4 cm³/mol. The van der Waals surface area contributed by atoms with Crippen molar-refractivity contribution >= 4 is 24.2 Å². The summed E-state index contributed by atoms with van der Waals surface area (Å²) in [7, 11) is 0. The summed E-state index contributed by atoms with van der Waals surface area (Å²) in [5.41, 5.74) is 0.711. The van der Waals surface area contributed by atoms with Crippen LogP contribution in [0.3, 0.4) is 0 Å². The van der Waals surface area contributed by atoms with Crippen molar-refractivity contribution in [3.05, 3.63) is 35.6 Å². The molecule has 0 aliphatic heterocycles. The topological polar surface area (TPSA) is 32.3 Å². The van der Waals surface area contributed by atoms with Crippen molar-refractivity contribution < 1.29 is 9.50 Å². The highest BCUT2D eigenvalue weighted by atomic mass is 35.5. The molecule has 0 aromatic heterocycles. The molecule has 0 saturated heterocycles. The molecule has 17 heavy (non-hydrogen) atoms. The second kappa shape index (κ2) is 10.8. The number of hydrogen-bond acceptors (Lipinski definition) is 3. The molecule has 0 heterocycles. The fourth-order valence-electron chi connectivity index (χ4n) is 1.28. The lowest BCUT2D eigenvalue weighted by molar-refractivity contribution is 0.296. The highest BCUT2D eigenvalue weighted by Gasteiger charge is 1.98. The fraction of sp³-hybridized carbons (Fsp3) is 0.500. The highest BCUT2D eigenvalue weighted by molar-refractivity contribution is 7.99. The Balaban J connectivity index is 0.00000256. The van der Waals surface area contributed by atoms with Crippen LogP contribution in [0.4, 0.5) is 4.39 Å². The lowest BCUT2D eigenvalue weighted by atomic mass is 10.2. The Hall–Kier alpha value is -0.290. The minimum Gasteiger partial charge on any atom is -0.396 e. The summed E-state index contributed by atoms with van der Waals surface area (Å²) in [6.07, 6.45) is 0.845. The molecule has 1 aromatic rings. The number of rotatable bonds is 8. The lowest BCUT2D eigenvalue weighted by Gasteiger charge is -2.05. The van der Waals surface area contributed by atoms with Crippen LogP contribution in [0.15, 0.2) is 24.3 Å². The van der Waals surface area contributed by atoms with Crippen molar-refractivity contribution in [2.75, 3.05) is 24.7 Å². The van der Waals surface area contributed by atoms with Gasteiger partial charge in [-0.25, -0.2) is 4.39 Å².